The first-order chi connectivity index (χ1) is 11.8. The number of amides is 1. The second kappa shape index (κ2) is 8.36. The number of hydrogen-bond donors (Lipinski definition) is 1. The zero-order chi connectivity index (χ0) is 16.8. The van der Waals surface area contributed by atoms with Gasteiger partial charge in [-0.2, -0.15) is 0 Å². The summed E-state index contributed by atoms with van der Waals surface area (Å²) in [5.74, 6) is 0.935. The van der Waals surface area contributed by atoms with Crippen LogP contribution >= 0.6 is 11.8 Å². The summed E-state index contributed by atoms with van der Waals surface area (Å²) < 4.78 is 0. The Morgan fingerprint density at radius 2 is 1.79 bits per heavy atom. The number of anilines is 1. The van der Waals surface area contributed by atoms with Gasteiger partial charge in [-0.25, -0.2) is 0 Å². The van der Waals surface area contributed by atoms with Gasteiger partial charge >= 0.3 is 0 Å². The maximum absolute atomic E-state index is 12.5. The highest BCUT2D eigenvalue weighted by molar-refractivity contribution is 7.99. The van der Waals surface area contributed by atoms with Crippen LogP contribution in [0.25, 0.3) is 0 Å². The molecule has 1 aliphatic rings. The molecule has 0 unspecified atom stereocenters. The van der Waals surface area contributed by atoms with Gasteiger partial charge in [0.15, 0.2) is 0 Å². The summed E-state index contributed by atoms with van der Waals surface area (Å²) in [5, 5.41) is 3.03. The Morgan fingerprint density at radius 1 is 1.08 bits per heavy atom. The van der Waals surface area contributed by atoms with Crippen molar-refractivity contribution in [2.75, 3.05) is 24.2 Å². The van der Waals surface area contributed by atoms with Gasteiger partial charge in [-0.05, 0) is 61.5 Å². The lowest BCUT2D eigenvalue weighted by Gasteiger charge is -2.15. The van der Waals surface area contributed by atoms with E-state index in [1.165, 1.54) is 31.5 Å². The summed E-state index contributed by atoms with van der Waals surface area (Å²) in [6.07, 6.45) is 2.60. The molecule has 1 fully saturated rings. The van der Waals surface area contributed by atoms with Crippen molar-refractivity contribution < 1.29 is 4.79 Å². The number of rotatable bonds is 6. The number of nitrogens with zero attached hydrogens (tertiary/aromatic N) is 1. The van der Waals surface area contributed by atoms with Crippen molar-refractivity contribution in [3.63, 3.8) is 0 Å². The first-order valence-electron chi connectivity index (χ1n) is 8.60. The summed E-state index contributed by atoms with van der Waals surface area (Å²) in [5.41, 5.74) is 2.86. The molecule has 2 aromatic carbocycles. The Balaban J connectivity index is 1.64. The van der Waals surface area contributed by atoms with Crippen LogP contribution in [0, 0.1) is 0 Å². The van der Waals surface area contributed by atoms with Gasteiger partial charge in [0.25, 0.3) is 5.91 Å². The highest BCUT2D eigenvalue weighted by Gasteiger charge is 2.13. The average molecular weight is 340 g/mol. The molecule has 0 atom stereocenters. The molecule has 3 rings (SSSR count). The molecule has 1 aliphatic heterocycles. The molecular formula is C20H24N2OS. The largest absolute Gasteiger partial charge is 0.321 e. The van der Waals surface area contributed by atoms with Crippen molar-refractivity contribution in [1.29, 1.82) is 0 Å². The van der Waals surface area contributed by atoms with Crippen LogP contribution in [-0.2, 0) is 6.54 Å². The molecule has 0 aliphatic carbocycles. The minimum atomic E-state index is -0.0492. The molecule has 1 saturated heterocycles. The predicted octanol–water partition coefficient (Wildman–Crippen LogP) is 4.65. The summed E-state index contributed by atoms with van der Waals surface area (Å²) in [6, 6.07) is 15.9. The molecule has 126 valence electrons. The van der Waals surface area contributed by atoms with Crippen LogP contribution in [0.5, 0.6) is 0 Å². The van der Waals surface area contributed by atoms with Crippen LogP contribution in [0.1, 0.15) is 35.7 Å². The van der Waals surface area contributed by atoms with Gasteiger partial charge in [-0.15, -0.1) is 11.8 Å². The van der Waals surface area contributed by atoms with Gasteiger partial charge in [0.05, 0.1) is 5.69 Å². The van der Waals surface area contributed by atoms with Crippen LogP contribution in [0.15, 0.2) is 53.4 Å². The number of carbonyl (C=O) groups is 1. The van der Waals surface area contributed by atoms with Gasteiger partial charge in [0, 0.05) is 17.0 Å². The second-order valence-electron chi connectivity index (χ2n) is 6.06. The Bertz CT molecular complexity index is 678. The lowest BCUT2D eigenvalue weighted by atomic mass is 10.1. The summed E-state index contributed by atoms with van der Waals surface area (Å²) in [6.45, 7) is 5.47. The molecule has 0 aromatic heterocycles. The zero-order valence-corrected chi connectivity index (χ0v) is 14.9. The molecular weight excluding hydrogens is 316 g/mol. The van der Waals surface area contributed by atoms with Gasteiger partial charge in [-0.1, -0.05) is 31.2 Å². The number of para-hydroxylation sites is 1. The van der Waals surface area contributed by atoms with Crippen molar-refractivity contribution in [3.05, 3.63) is 59.7 Å². The molecule has 1 amide bonds. The standard InChI is InChI=1S/C20H24N2OS/c1-2-24-19-8-4-3-7-18(19)21-20(23)17-11-9-16(10-12-17)15-22-13-5-6-14-22/h3-4,7-12H,2,5-6,13-15H2,1H3,(H,21,23). The van der Waals surface area contributed by atoms with Crippen LogP contribution in [0.3, 0.4) is 0 Å². The third-order valence-corrected chi connectivity index (χ3v) is 5.21. The smallest absolute Gasteiger partial charge is 0.255 e. The minimum Gasteiger partial charge on any atom is -0.321 e. The number of carbonyl (C=O) groups excluding carboxylic acids is 1. The van der Waals surface area contributed by atoms with Crippen LogP contribution in [0.2, 0.25) is 0 Å². The van der Waals surface area contributed by atoms with Crippen LogP contribution in [-0.4, -0.2) is 29.6 Å². The first-order valence-corrected chi connectivity index (χ1v) is 9.59. The van der Waals surface area contributed by atoms with Crippen molar-refractivity contribution in [2.24, 2.45) is 0 Å². The van der Waals surface area contributed by atoms with E-state index in [0.29, 0.717) is 5.56 Å². The van der Waals surface area contributed by atoms with Crippen LogP contribution < -0.4 is 5.32 Å². The Morgan fingerprint density at radius 3 is 2.50 bits per heavy atom. The molecule has 0 bridgehead atoms. The topological polar surface area (TPSA) is 32.3 Å². The van der Waals surface area contributed by atoms with E-state index in [-0.39, 0.29) is 5.91 Å². The van der Waals surface area contributed by atoms with Crippen molar-refractivity contribution >= 4 is 23.4 Å². The molecule has 1 heterocycles. The Hall–Kier alpha value is -1.78. The van der Waals surface area contributed by atoms with E-state index in [2.05, 4.69) is 29.3 Å². The fourth-order valence-electron chi connectivity index (χ4n) is 3.01. The quantitative estimate of drug-likeness (QED) is 0.777. The average Bonchev–Trinajstić information content (AvgIpc) is 3.10. The molecule has 0 spiro atoms. The third kappa shape index (κ3) is 4.40. The van der Waals surface area contributed by atoms with E-state index in [0.717, 1.165) is 22.9 Å². The molecule has 3 nitrogen and oxygen atoms in total. The van der Waals surface area contributed by atoms with E-state index in [9.17, 15) is 4.79 Å². The summed E-state index contributed by atoms with van der Waals surface area (Å²) in [4.78, 5) is 16.1. The fourth-order valence-corrected chi connectivity index (χ4v) is 3.77. The highest BCUT2D eigenvalue weighted by atomic mass is 32.2. The second-order valence-corrected chi connectivity index (χ2v) is 7.37. The monoisotopic (exact) mass is 340 g/mol. The number of likely N-dealkylation sites (tertiary alicyclic amines) is 1. The van der Waals surface area contributed by atoms with Gasteiger partial charge < -0.3 is 5.32 Å². The highest BCUT2D eigenvalue weighted by Crippen LogP contribution is 2.27. The van der Waals surface area contributed by atoms with Crippen molar-refractivity contribution in [1.82, 2.24) is 4.90 Å². The first kappa shape index (κ1) is 17.1. The van der Waals surface area contributed by atoms with Crippen LogP contribution in [0.4, 0.5) is 5.69 Å². The number of nitrogens with one attached hydrogen (secondary N) is 1. The normalized spacial score (nSPS) is 14.7. The molecule has 4 heteroatoms. The van der Waals surface area contributed by atoms with Gasteiger partial charge in [-0.3, -0.25) is 9.69 Å². The lowest BCUT2D eigenvalue weighted by molar-refractivity contribution is 0.102. The third-order valence-electron chi connectivity index (χ3n) is 4.26. The van der Waals surface area contributed by atoms with Gasteiger partial charge in [0.1, 0.15) is 0 Å². The zero-order valence-electron chi connectivity index (χ0n) is 14.1. The van der Waals surface area contributed by atoms with E-state index in [4.69, 9.17) is 0 Å². The van der Waals surface area contributed by atoms with Gasteiger partial charge in [0.2, 0.25) is 0 Å². The molecule has 1 N–H and O–H groups in total. The maximum atomic E-state index is 12.5. The summed E-state index contributed by atoms with van der Waals surface area (Å²) >= 11 is 1.74. The molecule has 24 heavy (non-hydrogen) atoms. The van der Waals surface area contributed by atoms with Crippen molar-refractivity contribution in [3.8, 4) is 0 Å². The van der Waals surface area contributed by atoms with E-state index >= 15 is 0 Å². The number of benzene rings is 2. The minimum absolute atomic E-state index is 0.0492. The maximum Gasteiger partial charge on any atom is 0.255 e. The summed E-state index contributed by atoms with van der Waals surface area (Å²) in [7, 11) is 0. The number of thioether (sulfide) groups is 1. The Labute approximate surface area is 148 Å². The fraction of sp³-hybridized carbons (Fsp3) is 0.350. The Kier molecular flexibility index (Phi) is 5.94. The lowest BCUT2D eigenvalue weighted by Crippen LogP contribution is -2.18. The van der Waals surface area contributed by atoms with E-state index in [1.807, 2.05) is 36.4 Å². The van der Waals surface area contributed by atoms with E-state index in [1.54, 1.807) is 11.8 Å². The van der Waals surface area contributed by atoms with E-state index < -0.39 is 0 Å². The number of hydrogen-bond acceptors (Lipinski definition) is 3. The SMILES string of the molecule is CCSc1ccccc1NC(=O)c1ccc(CN2CCCC2)cc1. The van der Waals surface area contributed by atoms with Crippen molar-refractivity contribution in [2.45, 2.75) is 31.2 Å². The molecule has 0 radical (unpaired) electrons. The molecule has 0 saturated carbocycles. The molecule has 2 aromatic rings. The predicted molar refractivity (Wildman–Crippen MR) is 102 cm³/mol.